The molecule has 0 saturated carbocycles. The van der Waals surface area contributed by atoms with Crippen LogP contribution in [0.3, 0.4) is 0 Å². The molecule has 21 heavy (non-hydrogen) atoms. The number of halogens is 1. The van der Waals surface area contributed by atoms with Gasteiger partial charge in [0.1, 0.15) is 5.15 Å². The molecule has 7 heteroatoms. The van der Waals surface area contributed by atoms with E-state index in [9.17, 15) is 4.79 Å². The van der Waals surface area contributed by atoms with Gasteiger partial charge in [-0.15, -0.1) is 0 Å². The van der Waals surface area contributed by atoms with Crippen molar-refractivity contribution in [3.63, 3.8) is 0 Å². The van der Waals surface area contributed by atoms with Crippen molar-refractivity contribution < 1.29 is 0 Å². The molecule has 0 amide bonds. The van der Waals surface area contributed by atoms with Crippen molar-refractivity contribution in [1.29, 1.82) is 5.41 Å². The molecule has 0 aliphatic rings. The summed E-state index contributed by atoms with van der Waals surface area (Å²) in [5.74, 6) is 0. The molecule has 0 spiro atoms. The smallest absolute Gasteiger partial charge is 0.255 e. The van der Waals surface area contributed by atoms with Gasteiger partial charge >= 0.3 is 0 Å². The van der Waals surface area contributed by atoms with Crippen molar-refractivity contribution in [3.8, 4) is 0 Å². The highest BCUT2D eigenvalue weighted by molar-refractivity contribution is 6.31. The summed E-state index contributed by atoms with van der Waals surface area (Å²) in [6, 6.07) is 3.56. The van der Waals surface area contributed by atoms with Gasteiger partial charge in [0.15, 0.2) is 0 Å². The van der Waals surface area contributed by atoms with Crippen LogP contribution in [0.1, 0.15) is 11.1 Å². The van der Waals surface area contributed by atoms with Gasteiger partial charge in [0.2, 0.25) is 0 Å². The van der Waals surface area contributed by atoms with Crippen molar-refractivity contribution in [2.45, 2.75) is 6.54 Å². The highest BCUT2D eigenvalue weighted by Gasteiger charge is 2.13. The Labute approximate surface area is 127 Å². The summed E-state index contributed by atoms with van der Waals surface area (Å²) in [6.45, 7) is 0.300. The van der Waals surface area contributed by atoms with Crippen LogP contribution in [0.2, 0.25) is 5.15 Å². The number of hydrogen-bond acceptors (Lipinski definition) is 4. The van der Waals surface area contributed by atoms with Gasteiger partial charge in [-0.1, -0.05) is 17.7 Å². The molecule has 0 bridgehead atoms. The molecule has 0 radical (unpaired) electrons. The first-order valence-corrected chi connectivity index (χ1v) is 6.71. The van der Waals surface area contributed by atoms with Gasteiger partial charge in [-0.2, -0.15) is 5.10 Å². The minimum atomic E-state index is -0.0745. The lowest BCUT2D eigenvalue weighted by molar-refractivity contribution is 0.672. The summed E-state index contributed by atoms with van der Waals surface area (Å²) in [5, 5.41) is 14.7. The van der Waals surface area contributed by atoms with E-state index in [4.69, 9.17) is 17.0 Å². The van der Waals surface area contributed by atoms with E-state index in [1.165, 1.54) is 10.8 Å². The summed E-state index contributed by atoms with van der Waals surface area (Å²) in [7, 11) is 3.45. The van der Waals surface area contributed by atoms with Crippen molar-refractivity contribution in [2.24, 2.45) is 7.05 Å². The van der Waals surface area contributed by atoms with Crippen LogP contribution in [0.15, 0.2) is 35.4 Å². The molecule has 0 aromatic carbocycles. The Morgan fingerprint density at radius 2 is 2.33 bits per heavy atom. The first-order chi connectivity index (χ1) is 10.1. The quantitative estimate of drug-likeness (QED) is 0.822. The number of allylic oxidation sites excluding steroid dienone is 1. The fourth-order valence-electron chi connectivity index (χ4n) is 1.99. The minimum absolute atomic E-state index is 0.0745. The SMILES string of the molecule is CN/C(=C\C=N)c1cnn(Cc2cccn(C)c2=O)c1Cl. The van der Waals surface area contributed by atoms with Crippen LogP contribution in [0.5, 0.6) is 0 Å². The molecule has 0 atom stereocenters. The van der Waals surface area contributed by atoms with Crippen molar-refractivity contribution in [2.75, 3.05) is 7.05 Å². The topological polar surface area (TPSA) is 75.7 Å². The van der Waals surface area contributed by atoms with Crippen LogP contribution in [0.25, 0.3) is 5.70 Å². The third kappa shape index (κ3) is 3.05. The highest BCUT2D eigenvalue weighted by atomic mass is 35.5. The summed E-state index contributed by atoms with van der Waals surface area (Å²) in [6.07, 6.45) is 6.08. The lowest BCUT2D eigenvalue weighted by atomic mass is 10.2. The molecule has 2 N–H and O–H groups in total. The van der Waals surface area contributed by atoms with E-state index in [-0.39, 0.29) is 5.56 Å². The van der Waals surface area contributed by atoms with E-state index in [0.717, 1.165) is 0 Å². The highest BCUT2D eigenvalue weighted by Crippen LogP contribution is 2.22. The zero-order valence-electron chi connectivity index (χ0n) is 11.8. The number of hydrogen-bond donors (Lipinski definition) is 2. The fraction of sp³-hybridized carbons (Fsp3) is 0.214. The van der Waals surface area contributed by atoms with E-state index >= 15 is 0 Å². The van der Waals surface area contributed by atoms with Crippen molar-refractivity contribution in [1.82, 2.24) is 19.7 Å². The van der Waals surface area contributed by atoms with Crippen LogP contribution in [-0.4, -0.2) is 27.6 Å². The normalized spacial score (nSPS) is 11.5. The Morgan fingerprint density at radius 1 is 1.57 bits per heavy atom. The molecule has 110 valence electrons. The average Bonchev–Trinajstić information content (AvgIpc) is 2.83. The van der Waals surface area contributed by atoms with Crippen molar-refractivity contribution in [3.05, 3.63) is 57.2 Å². The second-order valence-electron chi connectivity index (χ2n) is 4.45. The molecular weight excluding hydrogens is 290 g/mol. The standard InChI is InChI=1S/C14H16ClN5O/c1-17-12(5-6-16)11-8-18-20(13(11)15)9-10-4-3-7-19(2)14(10)21/h3-8,16-17H,9H2,1-2H3/b12-5-,16-6?. The van der Waals surface area contributed by atoms with Crippen LogP contribution in [0, 0.1) is 5.41 Å². The third-order valence-electron chi connectivity index (χ3n) is 3.11. The van der Waals surface area contributed by atoms with Crippen molar-refractivity contribution >= 4 is 23.5 Å². The number of pyridine rings is 1. The minimum Gasteiger partial charge on any atom is -0.387 e. The van der Waals surface area contributed by atoms with Gasteiger partial charge in [0.05, 0.1) is 18.3 Å². The molecule has 2 rings (SSSR count). The van der Waals surface area contributed by atoms with E-state index in [2.05, 4.69) is 10.4 Å². The molecule has 0 fully saturated rings. The zero-order valence-corrected chi connectivity index (χ0v) is 12.6. The summed E-state index contributed by atoms with van der Waals surface area (Å²) >= 11 is 6.31. The first kappa shape index (κ1) is 15.1. The van der Waals surface area contributed by atoms with E-state index < -0.39 is 0 Å². The molecule has 6 nitrogen and oxygen atoms in total. The molecular formula is C14H16ClN5O. The molecule has 0 aliphatic carbocycles. The Morgan fingerprint density at radius 3 is 3.00 bits per heavy atom. The van der Waals surface area contributed by atoms with Crippen LogP contribution < -0.4 is 10.9 Å². The first-order valence-electron chi connectivity index (χ1n) is 6.33. The number of rotatable bonds is 5. The summed E-state index contributed by atoms with van der Waals surface area (Å²) in [5.41, 5.74) is 1.92. The second kappa shape index (κ2) is 6.41. The summed E-state index contributed by atoms with van der Waals surface area (Å²) < 4.78 is 3.07. The Kier molecular flexibility index (Phi) is 4.59. The van der Waals surface area contributed by atoms with E-state index in [1.807, 2.05) is 6.07 Å². The molecule has 0 saturated heterocycles. The second-order valence-corrected chi connectivity index (χ2v) is 4.81. The average molecular weight is 306 g/mol. The van der Waals surface area contributed by atoms with E-state index in [0.29, 0.717) is 28.5 Å². The molecule has 2 heterocycles. The van der Waals surface area contributed by atoms with Crippen LogP contribution >= 0.6 is 11.6 Å². The van der Waals surface area contributed by atoms with Gasteiger partial charge in [-0.05, 0) is 12.1 Å². The number of aromatic nitrogens is 3. The zero-order chi connectivity index (χ0) is 15.4. The largest absolute Gasteiger partial charge is 0.387 e. The maximum atomic E-state index is 12.0. The molecule has 2 aromatic rings. The molecule has 0 unspecified atom stereocenters. The lowest BCUT2D eigenvalue weighted by Crippen LogP contribution is -2.22. The lowest BCUT2D eigenvalue weighted by Gasteiger charge is -2.07. The van der Waals surface area contributed by atoms with Gasteiger partial charge in [-0.25, -0.2) is 4.68 Å². The number of nitrogens with one attached hydrogen (secondary N) is 2. The van der Waals surface area contributed by atoms with Crippen LogP contribution in [0.4, 0.5) is 0 Å². The maximum absolute atomic E-state index is 12.0. The van der Waals surface area contributed by atoms with Gasteiger partial charge in [0, 0.05) is 37.8 Å². The number of aryl methyl sites for hydroxylation is 1. The fourth-order valence-corrected chi connectivity index (χ4v) is 2.24. The summed E-state index contributed by atoms with van der Waals surface area (Å²) in [4.78, 5) is 12.0. The van der Waals surface area contributed by atoms with Gasteiger partial charge < -0.3 is 15.3 Å². The molecule has 2 aromatic heterocycles. The third-order valence-corrected chi connectivity index (χ3v) is 3.51. The Balaban J connectivity index is 2.37. The Bertz CT molecular complexity index is 744. The predicted octanol–water partition coefficient (Wildman–Crippen LogP) is 1.49. The predicted molar refractivity (Wildman–Crippen MR) is 83.8 cm³/mol. The Hall–Kier alpha value is -2.34. The van der Waals surface area contributed by atoms with Gasteiger partial charge in [0.25, 0.3) is 5.56 Å². The maximum Gasteiger partial charge on any atom is 0.255 e. The van der Waals surface area contributed by atoms with Gasteiger partial charge in [-0.3, -0.25) is 4.79 Å². The molecule has 0 aliphatic heterocycles. The number of nitrogens with zero attached hydrogens (tertiary/aromatic N) is 3. The van der Waals surface area contributed by atoms with Crippen LogP contribution in [-0.2, 0) is 13.6 Å². The monoisotopic (exact) mass is 305 g/mol. The van der Waals surface area contributed by atoms with E-state index in [1.54, 1.807) is 43.3 Å².